The minimum absolute atomic E-state index is 0.146. The normalized spacial score (nSPS) is 10.2. The Morgan fingerprint density at radius 3 is 2.26 bits per heavy atom. The van der Waals surface area contributed by atoms with Crippen molar-refractivity contribution in [1.29, 1.82) is 0 Å². The summed E-state index contributed by atoms with van der Waals surface area (Å²) in [7, 11) is 1.17. The van der Waals surface area contributed by atoms with E-state index in [1.54, 1.807) is 0 Å². The van der Waals surface area contributed by atoms with E-state index >= 15 is 0 Å². The maximum absolute atomic E-state index is 11.8. The molecule has 0 aliphatic carbocycles. The van der Waals surface area contributed by atoms with Gasteiger partial charge in [-0.2, -0.15) is 0 Å². The Balaban J connectivity index is 2.26. The van der Waals surface area contributed by atoms with Gasteiger partial charge >= 0.3 is 11.9 Å². The van der Waals surface area contributed by atoms with E-state index < -0.39 is 22.6 Å². The lowest BCUT2D eigenvalue weighted by atomic mass is 10.2. The number of methoxy groups -OCH3 is 1. The second-order valence-corrected chi connectivity index (χ2v) is 3.38. The highest BCUT2D eigenvalue weighted by Gasteiger charge is 2.22. The number of hydrogen-bond donors (Lipinski definition) is 0. The van der Waals surface area contributed by atoms with Crippen LogP contribution in [0.3, 0.4) is 0 Å². The summed E-state index contributed by atoms with van der Waals surface area (Å²) in [5, 5.41) is 10.4. The fourth-order valence-electron chi connectivity index (χ4n) is 1.34. The molecule has 0 unspecified atom stereocenters. The van der Waals surface area contributed by atoms with E-state index in [2.05, 4.69) is 4.74 Å². The first-order valence-electron chi connectivity index (χ1n) is 5.00. The van der Waals surface area contributed by atoms with Crippen molar-refractivity contribution < 1.29 is 28.1 Å². The van der Waals surface area contributed by atoms with Crippen LogP contribution in [0.5, 0.6) is 0 Å². The fourth-order valence-corrected chi connectivity index (χ4v) is 1.34. The van der Waals surface area contributed by atoms with Crippen molar-refractivity contribution in [3.8, 4) is 0 Å². The molecule has 2 rings (SSSR count). The summed E-state index contributed by atoms with van der Waals surface area (Å²) >= 11 is 0. The van der Waals surface area contributed by atoms with Crippen LogP contribution in [0, 0.1) is 10.1 Å². The molecule has 0 atom stereocenters. The Morgan fingerprint density at radius 2 is 1.68 bits per heavy atom. The third-order valence-electron chi connectivity index (χ3n) is 2.21. The fraction of sp³-hybridized carbons (Fsp3) is 0.0909. The summed E-state index contributed by atoms with van der Waals surface area (Å²) in [6.45, 7) is 0. The van der Waals surface area contributed by atoms with E-state index in [4.69, 9.17) is 8.83 Å². The van der Waals surface area contributed by atoms with Gasteiger partial charge in [0.15, 0.2) is 11.5 Å². The van der Waals surface area contributed by atoms with Crippen molar-refractivity contribution in [2.24, 2.45) is 0 Å². The van der Waals surface area contributed by atoms with Crippen LogP contribution in [0.25, 0.3) is 0 Å². The van der Waals surface area contributed by atoms with Gasteiger partial charge in [0, 0.05) is 0 Å². The number of nitro groups is 1. The van der Waals surface area contributed by atoms with E-state index in [9.17, 15) is 19.7 Å². The number of esters is 1. The monoisotopic (exact) mass is 265 g/mol. The van der Waals surface area contributed by atoms with Crippen LogP contribution in [0.15, 0.2) is 33.1 Å². The molecule has 0 N–H and O–H groups in total. The molecule has 2 aromatic rings. The molecule has 0 amide bonds. The number of carbonyl (C=O) groups is 2. The molecule has 2 heterocycles. The van der Waals surface area contributed by atoms with Crippen LogP contribution in [-0.4, -0.2) is 23.8 Å². The van der Waals surface area contributed by atoms with Gasteiger partial charge in [-0.1, -0.05) is 0 Å². The number of ether oxygens (including phenoxy) is 1. The minimum atomic E-state index is -0.765. The first kappa shape index (κ1) is 12.6. The van der Waals surface area contributed by atoms with Crippen molar-refractivity contribution in [3.63, 3.8) is 0 Å². The Bertz CT molecular complexity index is 652. The van der Waals surface area contributed by atoms with Crippen LogP contribution in [0.1, 0.15) is 26.9 Å². The highest BCUT2D eigenvalue weighted by Crippen LogP contribution is 2.20. The predicted octanol–water partition coefficient (Wildman–Crippen LogP) is 1.80. The van der Waals surface area contributed by atoms with Crippen LogP contribution in [0.2, 0.25) is 0 Å². The zero-order valence-corrected chi connectivity index (χ0v) is 9.61. The molecular formula is C11H7NO7. The minimum Gasteiger partial charge on any atom is -0.463 e. The van der Waals surface area contributed by atoms with Crippen molar-refractivity contribution in [2.75, 3.05) is 7.11 Å². The lowest BCUT2D eigenvalue weighted by Gasteiger charge is -1.93. The van der Waals surface area contributed by atoms with Gasteiger partial charge in [-0.05, 0) is 18.2 Å². The smallest absolute Gasteiger partial charge is 0.433 e. The Kier molecular flexibility index (Phi) is 3.15. The summed E-state index contributed by atoms with van der Waals surface area (Å²) in [5.74, 6) is -2.56. The summed E-state index contributed by atoms with van der Waals surface area (Å²) in [6.07, 6.45) is 0. The predicted molar refractivity (Wildman–Crippen MR) is 58.8 cm³/mol. The molecule has 8 nitrogen and oxygen atoms in total. The third kappa shape index (κ3) is 2.37. The second-order valence-electron chi connectivity index (χ2n) is 3.38. The third-order valence-corrected chi connectivity index (χ3v) is 2.21. The number of rotatable bonds is 4. The highest BCUT2D eigenvalue weighted by molar-refractivity contribution is 6.05. The molecular weight excluding hydrogens is 258 g/mol. The Hall–Kier alpha value is -2.90. The van der Waals surface area contributed by atoms with Gasteiger partial charge in [-0.3, -0.25) is 14.9 Å². The number of carbonyl (C=O) groups excluding carboxylic acids is 2. The number of ketones is 1. The van der Waals surface area contributed by atoms with Gasteiger partial charge in [0.2, 0.25) is 5.76 Å². The van der Waals surface area contributed by atoms with Gasteiger partial charge in [-0.25, -0.2) is 4.79 Å². The number of nitrogens with zero attached hydrogens (tertiary/aromatic N) is 1. The van der Waals surface area contributed by atoms with Crippen molar-refractivity contribution in [1.82, 2.24) is 0 Å². The first-order chi connectivity index (χ1) is 9.02. The van der Waals surface area contributed by atoms with Gasteiger partial charge in [0.05, 0.1) is 13.2 Å². The van der Waals surface area contributed by atoms with Crippen LogP contribution < -0.4 is 0 Å². The molecule has 2 aromatic heterocycles. The largest absolute Gasteiger partial charge is 0.463 e. The van der Waals surface area contributed by atoms with Crippen LogP contribution in [-0.2, 0) is 4.74 Å². The van der Waals surface area contributed by atoms with E-state index in [-0.39, 0.29) is 17.3 Å². The summed E-state index contributed by atoms with van der Waals surface area (Å²) < 4.78 is 14.1. The summed E-state index contributed by atoms with van der Waals surface area (Å²) in [6, 6.07) is 4.72. The molecule has 0 saturated carbocycles. The molecule has 19 heavy (non-hydrogen) atoms. The van der Waals surface area contributed by atoms with E-state index in [1.807, 2.05) is 0 Å². The number of furan rings is 2. The van der Waals surface area contributed by atoms with Gasteiger partial charge in [0.1, 0.15) is 4.92 Å². The molecule has 0 aliphatic heterocycles. The average Bonchev–Trinajstić information content (AvgIpc) is 3.05. The molecule has 0 aromatic carbocycles. The molecule has 0 saturated heterocycles. The van der Waals surface area contributed by atoms with Crippen molar-refractivity contribution in [2.45, 2.75) is 0 Å². The van der Waals surface area contributed by atoms with Crippen molar-refractivity contribution in [3.05, 3.63) is 51.7 Å². The standard InChI is InChI=1S/C11H7NO7/c1-17-11(14)8-3-2-6(18-8)10(13)7-4-5-9(19-7)12(15)16/h2-5H,1H3. The zero-order valence-electron chi connectivity index (χ0n) is 9.61. The first-order valence-corrected chi connectivity index (χ1v) is 5.00. The maximum atomic E-state index is 11.8. The molecule has 0 aliphatic rings. The lowest BCUT2D eigenvalue weighted by Crippen LogP contribution is -2.00. The molecule has 0 fully saturated rings. The molecule has 98 valence electrons. The average molecular weight is 265 g/mol. The topological polar surface area (TPSA) is 113 Å². The number of hydrogen-bond acceptors (Lipinski definition) is 7. The van der Waals surface area contributed by atoms with Gasteiger partial charge in [-0.15, -0.1) is 0 Å². The SMILES string of the molecule is COC(=O)c1ccc(C(=O)c2ccc([N+](=O)[O-])o2)o1. The molecule has 0 spiro atoms. The summed E-state index contributed by atoms with van der Waals surface area (Å²) in [5.41, 5.74) is 0. The molecule has 8 heteroatoms. The molecule has 0 radical (unpaired) electrons. The van der Waals surface area contributed by atoms with E-state index in [0.717, 1.165) is 12.1 Å². The summed E-state index contributed by atoms with van der Waals surface area (Å²) in [4.78, 5) is 32.6. The second kappa shape index (κ2) is 4.77. The molecule has 0 bridgehead atoms. The van der Waals surface area contributed by atoms with E-state index in [1.165, 1.54) is 19.2 Å². The quantitative estimate of drug-likeness (QED) is 0.358. The maximum Gasteiger partial charge on any atom is 0.433 e. The zero-order chi connectivity index (χ0) is 14.0. The Morgan fingerprint density at radius 1 is 1.11 bits per heavy atom. The van der Waals surface area contributed by atoms with Gasteiger partial charge in [0.25, 0.3) is 5.78 Å². The van der Waals surface area contributed by atoms with Crippen LogP contribution in [0.4, 0.5) is 5.88 Å². The highest BCUT2D eigenvalue weighted by atomic mass is 16.6. The lowest BCUT2D eigenvalue weighted by molar-refractivity contribution is -0.402. The van der Waals surface area contributed by atoms with E-state index in [0.29, 0.717) is 0 Å². The van der Waals surface area contributed by atoms with Crippen molar-refractivity contribution >= 4 is 17.6 Å². The van der Waals surface area contributed by atoms with Gasteiger partial charge < -0.3 is 13.6 Å². The Labute approximate surface area is 105 Å². The van der Waals surface area contributed by atoms with Crippen LogP contribution >= 0.6 is 0 Å².